The minimum absolute atomic E-state index is 0.303. The van der Waals surface area contributed by atoms with E-state index in [0.29, 0.717) is 11.6 Å². The molecular formula is C15H22FNO. The van der Waals surface area contributed by atoms with Crippen molar-refractivity contribution in [2.45, 2.75) is 51.7 Å². The molecule has 0 aliphatic carbocycles. The largest absolute Gasteiger partial charge is 0.389 e. The summed E-state index contributed by atoms with van der Waals surface area (Å²) in [4.78, 5) is 2.27. The average Bonchev–Trinajstić information content (AvgIpc) is 2.38. The van der Waals surface area contributed by atoms with E-state index in [1.165, 1.54) is 12.5 Å². The maximum absolute atomic E-state index is 13.9. The second kappa shape index (κ2) is 5.70. The lowest BCUT2D eigenvalue weighted by Gasteiger charge is -2.38. The van der Waals surface area contributed by atoms with Crippen LogP contribution in [0.2, 0.25) is 0 Å². The SMILES string of the molecule is CCC1CCCCN1c1cccc(F)c1C(C)O. The van der Waals surface area contributed by atoms with E-state index in [4.69, 9.17) is 0 Å². The predicted octanol–water partition coefficient (Wildman–Crippen LogP) is 3.65. The molecule has 1 aliphatic rings. The number of piperidine rings is 1. The first-order valence-corrected chi connectivity index (χ1v) is 6.88. The van der Waals surface area contributed by atoms with Gasteiger partial charge in [-0.05, 0) is 44.7 Å². The van der Waals surface area contributed by atoms with Gasteiger partial charge in [0.2, 0.25) is 0 Å². The fourth-order valence-corrected chi connectivity index (χ4v) is 2.93. The summed E-state index contributed by atoms with van der Waals surface area (Å²) < 4.78 is 13.9. The zero-order valence-corrected chi connectivity index (χ0v) is 11.2. The first-order valence-electron chi connectivity index (χ1n) is 6.88. The molecule has 0 saturated carbocycles. The molecule has 0 amide bonds. The highest BCUT2D eigenvalue weighted by Crippen LogP contribution is 2.33. The molecule has 2 unspecified atom stereocenters. The smallest absolute Gasteiger partial charge is 0.131 e. The second-order valence-electron chi connectivity index (χ2n) is 5.10. The van der Waals surface area contributed by atoms with Crippen LogP contribution in [-0.2, 0) is 0 Å². The maximum atomic E-state index is 13.9. The quantitative estimate of drug-likeness (QED) is 0.886. The van der Waals surface area contributed by atoms with Crippen molar-refractivity contribution in [1.82, 2.24) is 0 Å². The molecule has 0 radical (unpaired) electrons. The van der Waals surface area contributed by atoms with Gasteiger partial charge in [-0.25, -0.2) is 4.39 Å². The Morgan fingerprint density at radius 1 is 1.44 bits per heavy atom. The fraction of sp³-hybridized carbons (Fsp3) is 0.600. The fourth-order valence-electron chi connectivity index (χ4n) is 2.93. The number of anilines is 1. The van der Waals surface area contributed by atoms with Crippen LogP contribution in [0.4, 0.5) is 10.1 Å². The summed E-state index contributed by atoms with van der Waals surface area (Å²) in [6, 6.07) is 5.56. The number of hydrogen-bond acceptors (Lipinski definition) is 2. The number of halogens is 1. The van der Waals surface area contributed by atoms with Crippen LogP contribution in [0.1, 0.15) is 51.2 Å². The monoisotopic (exact) mass is 251 g/mol. The lowest BCUT2D eigenvalue weighted by molar-refractivity contribution is 0.194. The summed E-state index contributed by atoms with van der Waals surface area (Å²) in [5.41, 5.74) is 1.31. The third-order valence-electron chi connectivity index (χ3n) is 3.86. The van der Waals surface area contributed by atoms with Gasteiger partial charge in [-0.1, -0.05) is 13.0 Å². The van der Waals surface area contributed by atoms with Crippen molar-refractivity contribution in [3.05, 3.63) is 29.6 Å². The highest BCUT2D eigenvalue weighted by molar-refractivity contribution is 5.56. The van der Waals surface area contributed by atoms with E-state index in [1.54, 1.807) is 13.0 Å². The average molecular weight is 251 g/mol. The third kappa shape index (κ3) is 2.51. The highest BCUT2D eigenvalue weighted by atomic mass is 19.1. The van der Waals surface area contributed by atoms with Crippen LogP contribution < -0.4 is 4.90 Å². The van der Waals surface area contributed by atoms with Gasteiger partial charge in [0.05, 0.1) is 6.10 Å². The van der Waals surface area contributed by atoms with E-state index < -0.39 is 6.10 Å². The molecule has 2 atom stereocenters. The lowest BCUT2D eigenvalue weighted by atomic mass is 9.97. The molecule has 1 fully saturated rings. The third-order valence-corrected chi connectivity index (χ3v) is 3.86. The molecule has 0 bridgehead atoms. The molecular weight excluding hydrogens is 229 g/mol. The topological polar surface area (TPSA) is 23.5 Å². The first-order chi connectivity index (χ1) is 8.65. The van der Waals surface area contributed by atoms with Gasteiger partial charge in [0.1, 0.15) is 5.82 Å². The van der Waals surface area contributed by atoms with E-state index in [1.807, 2.05) is 6.07 Å². The normalized spacial score (nSPS) is 22.0. The van der Waals surface area contributed by atoms with Crippen LogP contribution in [0.25, 0.3) is 0 Å². The van der Waals surface area contributed by atoms with E-state index in [0.717, 1.165) is 31.5 Å². The second-order valence-corrected chi connectivity index (χ2v) is 5.10. The molecule has 18 heavy (non-hydrogen) atoms. The van der Waals surface area contributed by atoms with Gasteiger partial charge in [-0.15, -0.1) is 0 Å². The minimum atomic E-state index is -0.763. The van der Waals surface area contributed by atoms with Crippen molar-refractivity contribution >= 4 is 5.69 Å². The Balaban J connectivity index is 2.39. The van der Waals surface area contributed by atoms with E-state index in [9.17, 15) is 9.50 Å². The molecule has 0 spiro atoms. The van der Waals surface area contributed by atoms with E-state index >= 15 is 0 Å². The summed E-state index contributed by atoms with van der Waals surface area (Å²) in [5.74, 6) is -0.303. The van der Waals surface area contributed by atoms with Crippen LogP contribution >= 0.6 is 0 Å². The number of nitrogens with zero attached hydrogens (tertiary/aromatic N) is 1. The molecule has 100 valence electrons. The Hall–Kier alpha value is -1.09. The van der Waals surface area contributed by atoms with Gasteiger partial charge in [-0.3, -0.25) is 0 Å². The van der Waals surface area contributed by atoms with Gasteiger partial charge in [0.15, 0.2) is 0 Å². The highest BCUT2D eigenvalue weighted by Gasteiger charge is 2.25. The minimum Gasteiger partial charge on any atom is -0.389 e. The molecule has 1 aromatic carbocycles. The van der Waals surface area contributed by atoms with Crippen LogP contribution in [0.3, 0.4) is 0 Å². The van der Waals surface area contributed by atoms with E-state index in [-0.39, 0.29) is 5.82 Å². The van der Waals surface area contributed by atoms with Crippen LogP contribution in [0.5, 0.6) is 0 Å². The van der Waals surface area contributed by atoms with Crippen LogP contribution in [-0.4, -0.2) is 17.7 Å². The summed E-state index contributed by atoms with van der Waals surface area (Å²) in [6.45, 7) is 4.76. The molecule has 1 aromatic rings. The molecule has 2 rings (SSSR count). The Morgan fingerprint density at radius 2 is 2.22 bits per heavy atom. The number of benzene rings is 1. The zero-order valence-electron chi connectivity index (χ0n) is 11.2. The summed E-state index contributed by atoms with van der Waals surface area (Å²) in [7, 11) is 0. The first kappa shape index (κ1) is 13.3. The summed E-state index contributed by atoms with van der Waals surface area (Å²) in [5, 5.41) is 9.81. The molecule has 1 N–H and O–H groups in total. The Morgan fingerprint density at radius 3 is 2.89 bits per heavy atom. The Bertz CT molecular complexity index is 405. The predicted molar refractivity (Wildman–Crippen MR) is 72.3 cm³/mol. The molecule has 1 heterocycles. The van der Waals surface area contributed by atoms with Crippen LogP contribution in [0.15, 0.2) is 18.2 Å². The standard InChI is InChI=1S/C15H22FNO/c1-3-12-7-4-5-10-17(12)14-9-6-8-13(16)15(14)11(2)18/h6,8-9,11-12,18H,3-5,7,10H2,1-2H3. The molecule has 1 saturated heterocycles. The van der Waals surface area contributed by atoms with Gasteiger partial charge in [-0.2, -0.15) is 0 Å². The maximum Gasteiger partial charge on any atom is 0.131 e. The van der Waals surface area contributed by atoms with Gasteiger partial charge >= 0.3 is 0 Å². The number of aliphatic hydroxyl groups is 1. The van der Waals surface area contributed by atoms with Crippen molar-refractivity contribution in [1.29, 1.82) is 0 Å². The van der Waals surface area contributed by atoms with Crippen molar-refractivity contribution in [3.63, 3.8) is 0 Å². The van der Waals surface area contributed by atoms with Gasteiger partial charge < -0.3 is 10.0 Å². The Kier molecular flexibility index (Phi) is 4.23. The van der Waals surface area contributed by atoms with E-state index in [2.05, 4.69) is 11.8 Å². The number of rotatable bonds is 3. The number of hydrogen-bond donors (Lipinski definition) is 1. The summed E-state index contributed by atoms with van der Waals surface area (Å²) >= 11 is 0. The van der Waals surface area contributed by atoms with Gasteiger partial charge in [0, 0.05) is 23.8 Å². The molecule has 3 heteroatoms. The van der Waals surface area contributed by atoms with Crippen molar-refractivity contribution in [3.8, 4) is 0 Å². The van der Waals surface area contributed by atoms with Crippen molar-refractivity contribution in [2.75, 3.05) is 11.4 Å². The molecule has 0 aromatic heterocycles. The summed E-state index contributed by atoms with van der Waals surface area (Å²) in [6.07, 6.45) is 3.85. The molecule has 1 aliphatic heterocycles. The lowest BCUT2D eigenvalue weighted by Crippen LogP contribution is -2.39. The zero-order chi connectivity index (χ0) is 13.1. The number of aliphatic hydroxyl groups excluding tert-OH is 1. The van der Waals surface area contributed by atoms with Gasteiger partial charge in [0.25, 0.3) is 0 Å². The Labute approximate surface area is 108 Å². The van der Waals surface area contributed by atoms with Crippen LogP contribution in [0, 0.1) is 5.82 Å². The van der Waals surface area contributed by atoms with Crippen molar-refractivity contribution < 1.29 is 9.50 Å². The van der Waals surface area contributed by atoms with Crippen molar-refractivity contribution in [2.24, 2.45) is 0 Å². The molecule has 2 nitrogen and oxygen atoms in total.